The molecule has 110 valence electrons. The first-order valence-corrected chi connectivity index (χ1v) is 6.48. The molecule has 1 unspecified atom stereocenters. The van der Waals surface area contributed by atoms with Crippen LogP contribution in [0.3, 0.4) is 0 Å². The maximum atomic E-state index is 11.9. The number of benzene rings is 1. The van der Waals surface area contributed by atoms with Gasteiger partial charge in [-0.3, -0.25) is 4.79 Å². The van der Waals surface area contributed by atoms with Crippen molar-refractivity contribution in [3.05, 3.63) is 36.4 Å². The highest BCUT2D eigenvalue weighted by Crippen LogP contribution is 2.26. The Kier molecular flexibility index (Phi) is 6.76. The standard InChI is InChI=1S/C15H22N2O3/c1-4-5-12(16)15(18)17-13-7-6-11(2)10-14(13)20-9-8-19-3/h4,6-7,10,12H,1,5,8-9,16H2,2-3H3,(H,17,18). The highest BCUT2D eigenvalue weighted by Gasteiger charge is 2.14. The summed E-state index contributed by atoms with van der Waals surface area (Å²) in [5.41, 5.74) is 7.39. The molecule has 0 aliphatic heterocycles. The van der Waals surface area contributed by atoms with Crippen molar-refractivity contribution in [2.24, 2.45) is 5.73 Å². The van der Waals surface area contributed by atoms with Gasteiger partial charge in [0.15, 0.2) is 0 Å². The van der Waals surface area contributed by atoms with E-state index in [-0.39, 0.29) is 5.91 Å². The lowest BCUT2D eigenvalue weighted by molar-refractivity contribution is -0.117. The SMILES string of the molecule is C=CCC(N)C(=O)Nc1ccc(C)cc1OCCOC. The fourth-order valence-electron chi connectivity index (χ4n) is 1.60. The maximum Gasteiger partial charge on any atom is 0.241 e. The summed E-state index contributed by atoms with van der Waals surface area (Å²) >= 11 is 0. The van der Waals surface area contributed by atoms with Crippen molar-refractivity contribution in [1.82, 2.24) is 0 Å². The number of aryl methyl sites for hydroxylation is 1. The van der Waals surface area contributed by atoms with Crippen molar-refractivity contribution in [3.63, 3.8) is 0 Å². The van der Waals surface area contributed by atoms with E-state index >= 15 is 0 Å². The molecule has 0 aliphatic carbocycles. The Balaban J connectivity index is 2.77. The molecule has 1 rings (SSSR count). The Morgan fingerprint density at radius 3 is 2.90 bits per heavy atom. The lowest BCUT2D eigenvalue weighted by Gasteiger charge is -2.15. The minimum absolute atomic E-state index is 0.259. The summed E-state index contributed by atoms with van der Waals surface area (Å²) in [6.45, 7) is 6.43. The fraction of sp³-hybridized carbons (Fsp3) is 0.400. The van der Waals surface area contributed by atoms with E-state index in [0.717, 1.165) is 5.56 Å². The van der Waals surface area contributed by atoms with Gasteiger partial charge in [-0.05, 0) is 31.0 Å². The summed E-state index contributed by atoms with van der Waals surface area (Å²) in [7, 11) is 1.61. The molecule has 3 N–H and O–H groups in total. The number of anilines is 1. The number of nitrogens with two attached hydrogens (primary N) is 1. The third-order valence-corrected chi connectivity index (χ3v) is 2.70. The van der Waals surface area contributed by atoms with Gasteiger partial charge in [-0.25, -0.2) is 0 Å². The average molecular weight is 278 g/mol. The molecular formula is C15H22N2O3. The molecular weight excluding hydrogens is 256 g/mol. The second-order valence-corrected chi connectivity index (χ2v) is 4.46. The molecule has 5 heteroatoms. The minimum atomic E-state index is -0.611. The summed E-state index contributed by atoms with van der Waals surface area (Å²) in [5, 5.41) is 2.77. The largest absolute Gasteiger partial charge is 0.489 e. The molecule has 0 saturated carbocycles. The van der Waals surface area contributed by atoms with Crippen molar-refractivity contribution in [2.45, 2.75) is 19.4 Å². The van der Waals surface area contributed by atoms with Gasteiger partial charge in [0.2, 0.25) is 5.91 Å². The number of amides is 1. The number of nitrogens with one attached hydrogen (secondary N) is 1. The van der Waals surface area contributed by atoms with Gasteiger partial charge in [-0.2, -0.15) is 0 Å². The van der Waals surface area contributed by atoms with Crippen LogP contribution in [0.25, 0.3) is 0 Å². The number of methoxy groups -OCH3 is 1. The van der Waals surface area contributed by atoms with Crippen molar-refractivity contribution in [2.75, 3.05) is 25.6 Å². The number of rotatable bonds is 8. The quantitative estimate of drug-likeness (QED) is 0.562. The van der Waals surface area contributed by atoms with Crippen LogP contribution in [0.4, 0.5) is 5.69 Å². The molecule has 0 radical (unpaired) electrons. The molecule has 0 heterocycles. The predicted molar refractivity (Wildman–Crippen MR) is 80.0 cm³/mol. The third kappa shape index (κ3) is 5.03. The summed E-state index contributed by atoms with van der Waals surface area (Å²) < 4.78 is 10.5. The van der Waals surface area contributed by atoms with Crippen LogP contribution in [0.5, 0.6) is 5.75 Å². The number of hydrogen-bond donors (Lipinski definition) is 2. The van der Waals surface area contributed by atoms with Gasteiger partial charge in [-0.15, -0.1) is 6.58 Å². The summed E-state index contributed by atoms with van der Waals surface area (Å²) in [6, 6.07) is 4.96. The Morgan fingerprint density at radius 1 is 1.50 bits per heavy atom. The van der Waals surface area contributed by atoms with Gasteiger partial charge in [-0.1, -0.05) is 12.1 Å². The van der Waals surface area contributed by atoms with Gasteiger partial charge < -0.3 is 20.5 Å². The number of carbonyl (C=O) groups is 1. The molecule has 0 bridgehead atoms. The molecule has 1 amide bonds. The van der Waals surface area contributed by atoms with E-state index in [1.165, 1.54) is 0 Å². The van der Waals surface area contributed by atoms with E-state index in [0.29, 0.717) is 31.1 Å². The zero-order chi connectivity index (χ0) is 15.0. The van der Waals surface area contributed by atoms with E-state index in [1.54, 1.807) is 19.3 Å². The average Bonchev–Trinajstić information content (AvgIpc) is 2.42. The summed E-state index contributed by atoms with van der Waals surface area (Å²) in [5.74, 6) is 0.353. The Morgan fingerprint density at radius 2 is 2.25 bits per heavy atom. The van der Waals surface area contributed by atoms with Crippen molar-refractivity contribution in [3.8, 4) is 5.75 Å². The molecule has 0 saturated heterocycles. The second-order valence-electron chi connectivity index (χ2n) is 4.46. The van der Waals surface area contributed by atoms with Gasteiger partial charge in [0.05, 0.1) is 18.3 Å². The van der Waals surface area contributed by atoms with Gasteiger partial charge >= 0.3 is 0 Å². The maximum absolute atomic E-state index is 11.9. The van der Waals surface area contributed by atoms with Crippen LogP contribution in [0.1, 0.15) is 12.0 Å². The topological polar surface area (TPSA) is 73.6 Å². The Bertz CT molecular complexity index is 460. The Labute approximate surface area is 119 Å². The molecule has 20 heavy (non-hydrogen) atoms. The predicted octanol–water partition coefficient (Wildman–Crippen LogP) is 1.86. The van der Waals surface area contributed by atoms with Crippen molar-refractivity contribution >= 4 is 11.6 Å². The lowest BCUT2D eigenvalue weighted by Crippen LogP contribution is -2.35. The molecule has 0 aromatic heterocycles. The van der Waals surface area contributed by atoms with Crippen LogP contribution < -0.4 is 15.8 Å². The van der Waals surface area contributed by atoms with E-state index in [2.05, 4.69) is 11.9 Å². The van der Waals surface area contributed by atoms with Crippen LogP contribution in [0.15, 0.2) is 30.9 Å². The van der Waals surface area contributed by atoms with E-state index in [1.807, 2.05) is 19.1 Å². The number of ether oxygens (including phenoxy) is 2. The normalized spacial score (nSPS) is 11.8. The highest BCUT2D eigenvalue weighted by molar-refractivity contribution is 5.96. The van der Waals surface area contributed by atoms with Crippen molar-refractivity contribution < 1.29 is 14.3 Å². The van der Waals surface area contributed by atoms with Crippen LogP contribution >= 0.6 is 0 Å². The molecule has 5 nitrogen and oxygen atoms in total. The van der Waals surface area contributed by atoms with Crippen LogP contribution in [0.2, 0.25) is 0 Å². The zero-order valence-corrected chi connectivity index (χ0v) is 12.0. The van der Waals surface area contributed by atoms with Crippen LogP contribution in [0, 0.1) is 6.92 Å². The zero-order valence-electron chi connectivity index (χ0n) is 12.0. The van der Waals surface area contributed by atoms with Crippen LogP contribution in [-0.2, 0) is 9.53 Å². The monoisotopic (exact) mass is 278 g/mol. The smallest absolute Gasteiger partial charge is 0.241 e. The Hall–Kier alpha value is -1.85. The highest BCUT2D eigenvalue weighted by atomic mass is 16.5. The van der Waals surface area contributed by atoms with Crippen molar-refractivity contribution in [1.29, 1.82) is 0 Å². The molecule has 0 spiro atoms. The summed E-state index contributed by atoms with van der Waals surface area (Å²) in [4.78, 5) is 11.9. The molecule has 0 aliphatic rings. The first-order chi connectivity index (χ1) is 9.58. The van der Waals surface area contributed by atoms with E-state index in [9.17, 15) is 4.79 Å². The third-order valence-electron chi connectivity index (χ3n) is 2.70. The lowest BCUT2D eigenvalue weighted by atomic mass is 10.1. The second kappa shape index (κ2) is 8.35. The van der Waals surface area contributed by atoms with E-state index < -0.39 is 6.04 Å². The van der Waals surface area contributed by atoms with E-state index in [4.69, 9.17) is 15.2 Å². The number of hydrogen-bond acceptors (Lipinski definition) is 4. The molecule has 0 fully saturated rings. The molecule has 1 aromatic carbocycles. The fourth-order valence-corrected chi connectivity index (χ4v) is 1.60. The number of carbonyl (C=O) groups excluding carboxylic acids is 1. The summed E-state index contributed by atoms with van der Waals surface area (Å²) in [6.07, 6.45) is 2.05. The molecule has 1 aromatic rings. The first kappa shape index (κ1) is 16.2. The first-order valence-electron chi connectivity index (χ1n) is 6.48. The van der Waals surface area contributed by atoms with Gasteiger partial charge in [0, 0.05) is 7.11 Å². The minimum Gasteiger partial charge on any atom is -0.489 e. The van der Waals surface area contributed by atoms with Gasteiger partial charge in [0.1, 0.15) is 12.4 Å². The van der Waals surface area contributed by atoms with Crippen LogP contribution in [-0.4, -0.2) is 32.3 Å². The molecule has 1 atom stereocenters. The van der Waals surface area contributed by atoms with Gasteiger partial charge in [0.25, 0.3) is 0 Å².